The van der Waals surface area contributed by atoms with Gasteiger partial charge in [0.2, 0.25) is 0 Å². The molecule has 2 saturated carbocycles. The molecule has 138 valence electrons. The molecule has 1 aromatic rings. The van der Waals surface area contributed by atoms with E-state index in [1.54, 1.807) is 13.2 Å². The standard InChI is InChI=1S/C23H33FO/c1-25-23-15-13-22(14-16-23)21-11-9-20(10-12-21)19-7-5-18(6-8-19)4-2-3-17-24/h3,13-21H,2,4-12H2,1H3. The van der Waals surface area contributed by atoms with E-state index in [9.17, 15) is 4.39 Å². The number of rotatable bonds is 6. The van der Waals surface area contributed by atoms with Gasteiger partial charge in [-0.15, -0.1) is 0 Å². The van der Waals surface area contributed by atoms with Crippen LogP contribution in [0.25, 0.3) is 0 Å². The third-order valence-corrected chi connectivity index (χ3v) is 6.75. The average molecular weight is 345 g/mol. The molecular weight excluding hydrogens is 311 g/mol. The maximum Gasteiger partial charge on any atom is 0.118 e. The minimum atomic E-state index is 0.701. The Hall–Kier alpha value is -1.31. The summed E-state index contributed by atoms with van der Waals surface area (Å²) in [5, 5.41) is 0. The lowest BCUT2D eigenvalue weighted by Crippen LogP contribution is -2.25. The Morgan fingerprint density at radius 1 is 0.920 bits per heavy atom. The van der Waals surface area contributed by atoms with Crippen molar-refractivity contribution in [3.05, 3.63) is 42.2 Å². The van der Waals surface area contributed by atoms with Crippen molar-refractivity contribution in [2.45, 2.75) is 70.1 Å². The van der Waals surface area contributed by atoms with Crippen LogP contribution < -0.4 is 4.74 Å². The Balaban J connectivity index is 1.42. The van der Waals surface area contributed by atoms with Gasteiger partial charge in [0.15, 0.2) is 0 Å². The fraction of sp³-hybridized carbons (Fsp3) is 0.652. The zero-order chi connectivity index (χ0) is 17.5. The molecule has 0 atom stereocenters. The summed E-state index contributed by atoms with van der Waals surface area (Å²) in [5.41, 5.74) is 1.49. The van der Waals surface area contributed by atoms with Crippen molar-refractivity contribution in [1.82, 2.24) is 0 Å². The highest BCUT2D eigenvalue weighted by Crippen LogP contribution is 2.44. The van der Waals surface area contributed by atoms with Crippen LogP contribution in [0.3, 0.4) is 0 Å². The number of allylic oxidation sites excluding steroid dienone is 1. The lowest BCUT2D eigenvalue weighted by atomic mass is 9.68. The van der Waals surface area contributed by atoms with Gasteiger partial charge in [0.1, 0.15) is 5.75 Å². The van der Waals surface area contributed by atoms with E-state index in [-0.39, 0.29) is 0 Å². The summed E-state index contributed by atoms with van der Waals surface area (Å²) >= 11 is 0. The van der Waals surface area contributed by atoms with Crippen LogP contribution in [0.5, 0.6) is 5.75 Å². The minimum Gasteiger partial charge on any atom is -0.497 e. The third-order valence-electron chi connectivity index (χ3n) is 6.75. The number of ether oxygens (including phenoxy) is 1. The number of benzene rings is 1. The van der Waals surface area contributed by atoms with Crippen LogP contribution >= 0.6 is 0 Å². The molecule has 25 heavy (non-hydrogen) atoms. The van der Waals surface area contributed by atoms with Crippen LogP contribution in [0.1, 0.15) is 75.7 Å². The van der Waals surface area contributed by atoms with E-state index < -0.39 is 0 Å². The molecule has 2 fully saturated rings. The topological polar surface area (TPSA) is 9.23 Å². The monoisotopic (exact) mass is 344 g/mol. The SMILES string of the molecule is COc1ccc(C2CCC(C3CCC(CCC=CF)CC3)CC2)cc1. The Labute approximate surface area is 152 Å². The second-order valence-corrected chi connectivity index (χ2v) is 8.10. The molecule has 3 rings (SSSR count). The summed E-state index contributed by atoms with van der Waals surface area (Å²) in [5.74, 6) is 4.43. The van der Waals surface area contributed by atoms with Crippen molar-refractivity contribution in [3.8, 4) is 5.75 Å². The molecular formula is C23H33FO. The molecule has 0 amide bonds. The van der Waals surface area contributed by atoms with Gasteiger partial charge in [-0.3, -0.25) is 0 Å². The van der Waals surface area contributed by atoms with Gasteiger partial charge < -0.3 is 4.74 Å². The van der Waals surface area contributed by atoms with E-state index in [0.717, 1.165) is 35.8 Å². The summed E-state index contributed by atoms with van der Waals surface area (Å²) in [4.78, 5) is 0. The quantitative estimate of drug-likeness (QED) is 0.538. The second kappa shape index (κ2) is 9.40. The molecule has 1 nitrogen and oxygen atoms in total. The molecule has 2 aliphatic carbocycles. The predicted molar refractivity (Wildman–Crippen MR) is 103 cm³/mol. The first-order valence-electron chi connectivity index (χ1n) is 10.2. The first-order chi connectivity index (χ1) is 12.3. The largest absolute Gasteiger partial charge is 0.497 e. The molecule has 0 aromatic heterocycles. The first kappa shape index (κ1) is 18.5. The van der Waals surface area contributed by atoms with E-state index in [1.807, 2.05) is 0 Å². The average Bonchev–Trinajstić information content (AvgIpc) is 2.69. The molecule has 0 bridgehead atoms. The Bertz CT molecular complexity index is 520. The normalized spacial score (nSPS) is 30.5. The zero-order valence-electron chi connectivity index (χ0n) is 15.6. The molecule has 0 heterocycles. The van der Waals surface area contributed by atoms with Crippen molar-refractivity contribution in [1.29, 1.82) is 0 Å². The van der Waals surface area contributed by atoms with Crippen LogP contribution in [0.15, 0.2) is 36.7 Å². The molecule has 0 spiro atoms. The maximum atomic E-state index is 12.1. The van der Waals surface area contributed by atoms with E-state index in [4.69, 9.17) is 4.74 Å². The van der Waals surface area contributed by atoms with Gasteiger partial charge in [0.05, 0.1) is 13.4 Å². The highest BCUT2D eigenvalue weighted by molar-refractivity contribution is 5.29. The number of halogens is 1. The fourth-order valence-corrected chi connectivity index (χ4v) is 5.14. The van der Waals surface area contributed by atoms with Gasteiger partial charge in [-0.05, 0) is 92.7 Å². The van der Waals surface area contributed by atoms with E-state index in [0.29, 0.717) is 6.33 Å². The Kier molecular flexibility index (Phi) is 6.95. The number of hydrogen-bond donors (Lipinski definition) is 0. The van der Waals surface area contributed by atoms with Crippen molar-refractivity contribution >= 4 is 0 Å². The highest BCUT2D eigenvalue weighted by Gasteiger charge is 2.31. The summed E-state index contributed by atoms with van der Waals surface area (Å²) in [7, 11) is 1.73. The first-order valence-corrected chi connectivity index (χ1v) is 10.2. The van der Waals surface area contributed by atoms with Gasteiger partial charge in [-0.1, -0.05) is 31.1 Å². The molecule has 0 unspecified atom stereocenters. The van der Waals surface area contributed by atoms with Crippen molar-refractivity contribution in [3.63, 3.8) is 0 Å². The van der Waals surface area contributed by atoms with Gasteiger partial charge in [0.25, 0.3) is 0 Å². The highest BCUT2D eigenvalue weighted by atomic mass is 19.1. The summed E-state index contributed by atoms with van der Waals surface area (Å²) in [6.45, 7) is 0. The lowest BCUT2D eigenvalue weighted by molar-refractivity contribution is 0.157. The summed E-state index contributed by atoms with van der Waals surface area (Å²) in [6.07, 6.45) is 15.5. The molecule has 1 aromatic carbocycles. The maximum absolute atomic E-state index is 12.1. The summed E-state index contributed by atoms with van der Waals surface area (Å²) < 4.78 is 17.3. The van der Waals surface area contributed by atoms with Gasteiger partial charge >= 0.3 is 0 Å². The Morgan fingerprint density at radius 3 is 2.08 bits per heavy atom. The molecule has 2 aliphatic rings. The van der Waals surface area contributed by atoms with Gasteiger partial charge in [0, 0.05) is 0 Å². The minimum absolute atomic E-state index is 0.701. The number of methoxy groups -OCH3 is 1. The Morgan fingerprint density at radius 2 is 1.52 bits per heavy atom. The molecule has 2 heteroatoms. The van der Waals surface area contributed by atoms with Crippen LogP contribution in [0.4, 0.5) is 4.39 Å². The molecule has 0 radical (unpaired) electrons. The number of hydrogen-bond acceptors (Lipinski definition) is 1. The van der Waals surface area contributed by atoms with Crippen molar-refractivity contribution in [2.75, 3.05) is 7.11 Å². The van der Waals surface area contributed by atoms with E-state index in [1.165, 1.54) is 63.4 Å². The van der Waals surface area contributed by atoms with E-state index in [2.05, 4.69) is 24.3 Å². The predicted octanol–water partition coefficient (Wildman–Crippen LogP) is 7.04. The molecule has 0 saturated heterocycles. The van der Waals surface area contributed by atoms with Crippen LogP contribution in [-0.2, 0) is 0 Å². The van der Waals surface area contributed by atoms with Crippen LogP contribution in [-0.4, -0.2) is 7.11 Å². The van der Waals surface area contributed by atoms with Crippen LogP contribution in [0, 0.1) is 17.8 Å². The third kappa shape index (κ3) is 5.09. The smallest absolute Gasteiger partial charge is 0.118 e. The van der Waals surface area contributed by atoms with Gasteiger partial charge in [-0.25, -0.2) is 4.39 Å². The second-order valence-electron chi connectivity index (χ2n) is 8.10. The van der Waals surface area contributed by atoms with Crippen LogP contribution in [0.2, 0.25) is 0 Å². The summed E-state index contributed by atoms with van der Waals surface area (Å²) in [6, 6.07) is 8.70. The van der Waals surface area contributed by atoms with Gasteiger partial charge in [-0.2, -0.15) is 0 Å². The molecule has 0 aliphatic heterocycles. The molecule has 0 N–H and O–H groups in total. The van der Waals surface area contributed by atoms with Crippen molar-refractivity contribution in [2.24, 2.45) is 17.8 Å². The lowest BCUT2D eigenvalue weighted by Gasteiger charge is -2.38. The zero-order valence-corrected chi connectivity index (χ0v) is 15.6. The van der Waals surface area contributed by atoms with Crippen molar-refractivity contribution < 1.29 is 9.13 Å². The fourth-order valence-electron chi connectivity index (χ4n) is 5.14. The van der Waals surface area contributed by atoms with E-state index >= 15 is 0 Å².